The summed E-state index contributed by atoms with van der Waals surface area (Å²) in [5.74, 6) is 0.281. The molecule has 2 unspecified atom stereocenters. The minimum absolute atomic E-state index is 0.281. The van der Waals surface area contributed by atoms with Gasteiger partial charge in [0.15, 0.2) is 0 Å². The van der Waals surface area contributed by atoms with Gasteiger partial charge >= 0.3 is 0 Å². The molecule has 0 amide bonds. The summed E-state index contributed by atoms with van der Waals surface area (Å²) in [5.41, 5.74) is 0. The molecule has 0 aliphatic rings. The Balaban J connectivity index is 3.65. The van der Waals surface area contributed by atoms with Gasteiger partial charge in [0.05, 0.1) is 5.75 Å². The highest BCUT2D eigenvalue weighted by atomic mass is 32.2. The Morgan fingerprint density at radius 2 is 1.62 bits per heavy atom. The molecule has 2 atom stereocenters. The van der Waals surface area contributed by atoms with Crippen molar-refractivity contribution in [1.29, 1.82) is 0 Å². The van der Waals surface area contributed by atoms with Crippen molar-refractivity contribution in [3.63, 3.8) is 0 Å². The van der Waals surface area contributed by atoms with Gasteiger partial charge in [-0.1, -0.05) is 26.2 Å². The third kappa shape index (κ3) is 10.4. The first-order valence-electron chi connectivity index (χ1n) is 6.29. The molecule has 0 fully saturated rings. The molecule has 0 heterocycles. The van der Waals surface area contributed by atoms with Crippen LogP contribution >= 0.6 is 0 Å². The first kappa shape index (κ1) is 15.9. The lowest BCUT2D eigenvalue weighted by Crippen LogP contribution is -2.35. The van der Waals surface area contributed by atoms with E-state index in [0.29, 0.717) is 12.5 Å². The average Bonchev–Trinajstić information content (AvgIpc) is 2.14. The predicted octanol–water partition coefficient (Wildman–Crippen LogP) is 2.37. The smallest absolute Gasteiger partial charge is 0.147 e. The summed E-state index contributed by atoms with van der Waals surface area (Å²) in [4.78, 5) is 0. The lowest BCUT2D eigenvalue weighted by atomic mass is 10.1. The maximum absolute atomic E-state index is 11.0. The summed E-state index contributed by atoms with van der Waals surface area (Å²) >= 11 is 0. The van der Waals surface area contributed by atoms with Gasteiger partial charge in [-0.05, 0) is 26.7 Å². The van der Waals surface area contributed by atoms with Gasteiger partial charge < -0.3 is 5.32 Å². The number of unbranched alkanes of at least 4 members (excludes halogenated alkanes) is 2. The Kier molecular flexibility index (Phi) is 8.02. The van der Waals surface area contributed by atoms with Crippen LogP contribution in [0.4, 0.5) is 0 Å². The molecule has 98 valence electrons. The lowest BCUT2D eigenvalue weighted by molar-refractivity contribution is 0.425. The minimum Gasteiger partial charge on any atom is -0.312 e. The van der Waals surface area contributed by atoms with Gasteiger partial charge in [0, 0.05) is 18.3 Å². The highest BCUT2D eigenvalue weighted by molar-refractivity contribution is 7.90. The standard InChI is InChI=1S/C12H27NO2S/c1-5-6-7-8-11(2)13-12(3)9-10-16(4,14)15/h11-13H,5-10H2,1-4H3. The van der Waals surface area contributed by atoms with E-state index in [-0.39, 0.29) is 11.8 Å². The monoisotopic (exact) mass is 249 g/mol. The molecule has 16 heavy (non-hydrogen) atoms. The van der Waals surface area contributed by atoms with Crippen molar-refractivity contribution in [2.45, 2.75) is 65.0 Å². The fourth-order valence-corrected chi connectivity index (χ4v) is 2.53. The fourth-order valence-electron chi connectivity index (χ4n) is 1.74. The van der Waals surface area contributed by atoms with Crippen molar-refractivity contribution >= 4 is 9.84 Å². The van der Waals surface area contributed by atoms with Crippen LogP contribution in [-0.4, -0.2) is 32.5 Å². The van der Waals surface area contributed by atoms with E-state index in [1.165, 1.54) is 31.9 Å². The quantitative estimate of drug-likeness (QED) is 0.638. The largest absolute Gasteiger partial charge is 0.312 e. The van der Waals surface area contributed by atoms with E-state index in [9.17, 15) is 8.42 Å². The Bertz CT molecular complexity index is 262. The molecule has 0 saturated heterocycles. The van der Waals surface area contributed by atoms with Gasteiger partial charge in [-0.25, -0.2) is 8.42 Å². The van der Waals surface area contributed by atoms with Crippen molar-refractivity contribution in [3.05, 3.63) is 0 Å². The first-order chi connectivity index (χ1) is 7.35. The van der Waals surface area contributed by atoms with E-state index in [1.54, 1.807) is 0 Å². The van der Waals surface area contributed by atoms with E-state index in [1.807, 2.05) is 0 Å². The van der Waals surface area contributed by atoms with E-state index in [2.05, 4.69) is 26.1 Å². The summed E-state index contributed by atoms with van der Waals surface area (Å²) < 4.78 is 22.0. The van der Waals surface area contributed by atoms with E-state index in [0.717, 1.165) is 0 Å². The molecule has 0 aromatic rings. The SMILES string of the molecule is CCCCCC(C)NC(C)CCS(C)(=O)=O. The summed E-state index contributed by atoms with van der Waals surface area (Å²) in [6, 6.07) is 0.771. The first-order valence-corrected chi connectivity index (χ1v) is 8.35. The summed E-state index contributed by atoms with van der Waals surface area (Å²) in [7, 11) is -2.82. The predicted molar refractivity (Wildman–Crippen MR) is 70.5 cm³/mol. The maximum Gasteiger partial charge on any atom is 0.147 e. The topological polar surface area (TPSA) is 46.2 Å². The van der Waals surface area contributed by atoms with Crippen LogP contribution in [0.25, 0.3) is 0 Å². The van der Waals surface area contributed by atoms with Crippen molar-refractivity contribution in [1.82, 2.24) is 5.32 Å². The third-order valence-electron chi connectivity index (χ3n) is 2.73. The molecule has 0 rings (SSSR count). The van der Waals surface area contributed by atoms with Gasteiger partial charge in [0.1, 0.15) is 9.84 Å². The number of hydrogen-bond donors (Lipinski definition) is 1. The average molecular weight is 249 g/mol. The second-order valence-electron chi connectivity index (χ2n) is 4.88. The molecule has 4 heteroatoms. The zero-order chi connectivity index (χ0) is 12.6. The summed E-state index contributed by atoms with van der Waals surface area (Å²) in [6.45, 7) is 6.43. The van der Waals surface area contributed by atoms with Crippen LogP contribution in [0.3, 0.4) is 0 Å². The van der Waals surface area contributed by atoms with Crippen LogP contribution in [0.15, 0.2) is 0 Å². The molecule has 0 aliphatic carbocycles. The second-order valence-corrected chi connectivity index (χ2v) is 7.14. The normalized spacial score (nSPS) is 16.0. The number of rotatable bonds is 9. The van der Waals surface area contributed by atoms with Crippen molar-refractivity contribution in [2.24, 2.45) is 0 Å². The van der Waals surface area contributed by atoms with Crippen LogP contribution in [-0.2, 0) is 9.84 Å². The maximum atomic E-state index is 11.0. The molecular formula is C12H27NO2S. The van der Waals surface area contributed by atoms with Gasteiger partial charge in [0.2, 0.25) is 0 Å². The minimum atomic E-state index is -2.82. The third-order valence-corrected chi connectivity index (χ3v) is 3.71. The highest BCUT2D eigenvalue weighted by Crippen LogP contribution is 2.05. The van der Waals surface area contributed by atoms with E-state index < -0.39 is 9.84 Å². The van der Waals surface area contributed by atoms with Crippen LogP contribution in [0, 0.1) is 0 Å². The van der Waals surface area contributed by atoms with Crippen LogP contribution in [0.1, 0.15) is 52.9 Å². The van der Waals surface area contributed by atoms with Gasteiger partial charge in [0.25, 0.3) is 0 Å². The molecule has 0 aliphatic heterocycles. The zero-order valence-electron chi connectivity index (χ0n) is 11.1. The molecule has 0 bridgehead atoms. The zero-order valence-corrected chi connectivity index (χ0v) is 11.9. The summed E-state index contributed by atoms with van der Waals surface area (Å²) in [5, 5.41) is 3.45. The Morgan fingerprint density at radius 1 is 1.06 bits per heavy atom. The molecule has 1 N–H and O–H groups in total. The van der Waals surface area contributed by atoms with Gasteiger partial charge in [-0.15, -0.1) is 0 Å². The van der Waals surface area contributed by atoms with E-state index >= 15 is 0 Å². The van der Waals surface area contributed by atoms with Gasteiger partial charge in [-0.2, -0.15) is 0 Å². The number of sulfone groups is 1. The van der Waals surface area contributed by atoms with Crippen LogP contribution in [0.5, 0.6) is 0 Å². The van der Waals surface area contributed by atoms with Crippen molar-refractivity contribution in [3.8, 4) is 0 Å². The fraction of sp³-hybridized carbons (Fsp3) is 1.00. The van der Waals surface area contributed by atoms with Crippen molar-refractivity contribution in [2.75, 3.05) is 12.0 Å². The molecule has 0 radical (unpaired) electrons. The molecular weight excluding hydrogens is 222 g/mol. The number of hydrogen-bond acceptors (Lipinski definition) is 3. The lowest BCUT2D eigenvalue weighted by Gasteiger charge is -2.19. The Labute approximate surface area is 101 Å². The Morgan fingerprint density at radius 3 is 2.12 bits per heavy atom. The summed E-state index contributed by atoms with van der Waals surface area (Å²) in [6.07, 6.45) is 6.96. The molecule has 0 aromatic heterocycles. The molecule has 0 spiro atoms. The number of nitrogens with one attached hydrogen (secondary N) is 1. The molecule has 0 aromatic carbocycles. The molecule has 0 saturated carbocycles. The van der Waals surface area contributed by atoms with Gasteiger partial charge in [-0.3, -0.25) is 0 Å². The highest BCUT2D eigenvalue weighted by Gasteiger charge is 2.10. The molecule has 3 nitrogen and oxygen atoms in total. The Hall–Kier alpha value is -0.0900. The van der Waals surface area contributed by atoms with E-state index in [4.69, 9.17) is 0 Å². The van der Waals surface area contributed by atoms with Crippen molar-refractivity contribution < 1.29 is 8.42 Å². The van der Waals surface area contributed by atoms with Crippen LogP contribution in [0.2, 0.25) is 0 Å². The van der Waals surface area contributed by atoms with Crippen LogP contribution < -0.4 is 5.32 Å². The second kappa shape index (κ2) is 8.07.